The van der Waals surface area contributed by atoms with Crippen molar-refractivity contribution in [2.75, 3.05) is 0 Å². The van der Waals surface area contributed by atoms with E-state index in [4.69, 9.17) is 39.6 Å². The standard InChI is InChI=1S/4C5H2F6O2.Lu/c4*6-4(7,8)2(12)1-3(13)5(9,10)11;/h4*1,12H;/q;;;;+3/p+4/b4*2-1-;. The third kappa shape index (κ3) is 28.6. The van der Waals surface area contributed by atoms with Crippen LogP contribution in [0.5, 0.6) is 0 Å². The fourth-order valence-corrected chi connectivity index (χ4v) is 1.17. The van der Waals surface area contributed by atoms with E-state index in [1.54, 1.807) is 0 Å². The predicted molar refractivity (Wildman–Crippen MR) is 119 cm³/mol. The molecule has 0 atom stereocenters. The van der Waals surface area contributed by atoms with Gasteiger partial charge in [0, 0.05) is 0 Å². The number of hydrogen-bond acceptors (Lipinski definition) is 4. The Hall–Kier alpha value is -3.61. The van der Waals surface area contributed by atoms with Crippen LogP contribution in [0.1, 0.15) is 0 Å². The summed E-state index contributed by atoms with van der Waals surface area (Å²) in [5, 5.41) is 31.9. The van der Waals surface area contributed by atoms with Gasteiger partial charge in [-0.05, 0) is 0 Å². The average molecular weight is 1010 g/mol. The number of allylic oxidation sites excluding steroid dienone is 8. The van der Waals surface area contributed by atoms with E-state index in [0.717, 1.165) is 0 Å². The summed E-state index contributed by atoms with van der Waals surface area (Å²) in [5.74, 6) is -20.1. The van der Waals surface area contributed by atoms with Gasteiger partial charge in [-0.2, -0.15) is 105 Å². The number of rotatable bonds is 4. The Morgan fingerprint density at radius 1 is 0.264 bits per heavy atom. The van der Waals surface area contributed by atoms with Crippen LogP contribution in [0.25, 0.3) is 0 Å². The molecule has 0 saturated heterocycles. The van der Waals surface area contributed by atoms with Gasteiger partial charge in [-0.1, -0.05) is 0 Å². The van der Waals surface area contributed by atoms with Gasteiger partial charge in [0.1, 0.15) is 0 Å². The van der Waals surface area contributed by atoms with Crippen LogP contribution in [0.2, 0.25) is 0 Å². The third-order valence-corrected chi connectivity index (χ3v) is 3.42. The third-order valence-electron chi connectivity index (χ3n) is 3.42. The number of ketones is 4. The maximum atomic E-state index is 11.4. The molecule has 0 bridgehead atoms. The zero-order valence-electron chi connectivity index (χ0n) is 23.2. The van der Waals surface area contributed by atoms with Crippen LogP contribution in [0, 0.1) is 36.9 Å². The van der Waals surface area contributed by atoms with E-state index >= 15 is 0 Å². The van der Waals surface area contributed by atoms with Crippen LogP contribution in [-0.4, -0.2) is 112 Å². The van der Waals surface area contributed by atoms with Crippen LogP contribution in [0.3, 0.4) is 0 Å². The summed E-state index contributed by atoms with van der Waals surface area (Å²) in [6.45, 7) is 0. The zero-order chi connectivity index (χ0) is 43.4. The van der Waals surface area contributed by atoms with E-state index in [1.807, 2.05) is 0 Å². The molecule has 0 radical (unpaired) electrons. The van der Waals surface area contributed by atoms with Crippen LogP contribution >= 0.6 is 0 Å². The topological polar surface area (TPSA) is 167 Å². The second-order valence-electron chi connectivity index (χ2n) is 7.64. The smallest absolute Gasteiger partial charge is 0.504 e. The molecule has 53 heavy (non-hydrogen) atoms. The van der Waals surface area contributed by atoms with Gasteiger partial charge in [-0.15, -0.1) is 0 Å². The molecular formula is C20H12F24LuO8+7. The van der Waals surface area contributed by atoms with Gasteiger partial charge < -0.3 is 20.4 Å². The fraction of sp³-hybridized carbons (Fsp3) is 0.400. The van der Waals surface area contributed by atoms with Gasteiger partial charge in [-0.3, -0.25) is 19.2 Å². The monoisotopic (exact) mass is 1010 g/mol. The maximum Gasteiger partial charge on any atom is 3.00 e. The van der Waals surface area contributed by atoms with Gasteiger partial charge in [0.25, 0.3) is 0 Å². The largest absolute Gasteiger partial charge is 3.00 e. The molecular weight excluding hydrogens is 999 g/mol. The quantitative estimate of drug-likeness (QED) is 0.0963. The number of aliphatic hydroxyl groups excluding tert-OH is 4. The average Bonchev–Trinajstić information content (AvgIpc) is 2.85. The molecule has 0 unspecified atom stereocenters. The Morgan fingerprint density at radius 2 is 0.358 bits per heavy atom. The van der Waals surface area contributed by atoms with Crippen molar-refractivity contribution in [2.45, 2.75) is 49.4 Å². The van der Waals surface area contributed by atoms with Crippen molar-refractivity contribution in [3.05, 3.63) is 47.3 Å². The molecule has 316 valence electrons. The van der Waals surface area contributed by atoms with Crippen molar-refractivity contribution >= 4 is 23.1 Å². The van der Waals surface area contributed by atoms with Gasteiger partial charge in [0.15, 0.2) is 0 Å². The molecule has 8 nitrogen and oxygen atoms in total. The normalized spacial score (nSPS) is 14.2. The van der Waals surface area contributed by atoms with Gasteiger partial charge in [0.2, 0.25) is 23.0 Å². The minimum absolute atomic E-state index is 0. The Morgan fingerprint density at radius 3 is 0.415 bits per heavy atom. The first-order chi connectivity index (χ1) is 22.2. The van der Waals surface area contributed by atoms with E-state index < -0.39 is 120 Å². The maximum absolute atomic E-state index is 11.4. The predicted octanol–water partition coefficient (Wildman–Crippen LogP) is 8.39. The molecule has 0 aliphatic carbocycles. The minimum atomic E-state index is -5.31. The molecule has 0 saturated carbocycles. The van der Waals surface area contributed by atoms with Crippen molar-refractivity contribution in [1.29, 1.82) is 0 Å². The fourth-order valence-electron chi connectivity index (χ4n) is 1.17. The first kappa shape index (κ1) is 58.7. The number of carbonyl (C=O) groups excluding carboxylic acids is 4. The number of alkyl halides is 24. The summed E-state index contributed by atoms with van der Waals surface area (Å²) >= 11 is 0. The zero-order valence-corrected chi connectivity index (χ0v) is 24.9. The second-order valence-corrected chi connectivity index (χ2v) is 7.64. The van der Waals surface area contributed by atoms with Crippen LogP contribution < -0.4 is 0 Å². The first-order valence-electron chi connectivity index (χ1n) is 10.6. The summed E-state index contributed by atoms with van der Waals surface area (Å²) in [7, 11) is 0. The molecule has 0 fully saturated rings. The molecule has 33 heteroatoms. The van der Waals surface area contributed by atoms with Crippen molar-refractivity contribution in [2.24, 2.45) is 0 Å². The van der Waals surface area contributed by atoms with E-state index in [9.17, 15) is 105 Å². The summed E-state index contributed by atoms with van der Waals surface area (Å²) in [6, 6.07) is 0. The first-order valence-corrected chi connectivity index (χ1v) is 10.6. The molecule has 0 aliphatic rings. The molecule has 0 spiro atoms. The Balaban J connectivity index is -0.000000192. The van der Waals surface area contributed by atoms with Gasteiger partial charge in [-0.25, -0.2) is 0 Å². The number of halogens is 24. The Labute approximate surface area is 301 Å². The molecule has 0 aromatic rings. The van der Waals surface area contributed by atoms with Crippen LogP contribution in [0.4, 0.5) is 105 Å². The molecule has 0 aliphatic heterocycles. The SMILES string of the molecule is O/C(=C\C(=[OH+])C(F)(F)F)C(F)(F)F.O/C(=C\C(=[OH+])C(F)(F)F)C(F)(F)F.O/C(=C\C(=[OH+])C(F)(F)F)C(F)(F)F.O/C(=C\C(=[OH+])C(F)(F)F)C(F)(F)F.[Lu+3]. The molecule has 0 aromatic heterocycles. The number of aliphatic hydroxyl groups is 4. The minimum Gasteiger partial charge on any atom is -0.504 e. The second kappa shape index (κ2) is 20.7. The molecule has 0 heterocycles. The van der Waals surface area contributed by atoms with E-state index in [-0.39, 0.29) is 36.9 Å². The summed E-state index contributed by atoms with van der Waals surface area (Å²) < 4.78 is 273. The summed E-state index contributed by atoms with van der Waals surface area (Å²) in [4.78, 5) is 31.9. The van der Waals surface area contributed by atoms with E-state index in [2.05, 4.69) is 0 Å². The molecule has 0 aromatic carbocycles. The Kier molecular flexibility index (Phi) is 23.0. The summed E-state index contributed by atoms with van der Waals surface area (Å²) in [6.07, 6.45) is -45.7. The molecule has 0 rings (SSSR count). The van der Waals surface area contributed by atoms with E-state index in [0.29, 0.717) is 0 Å². The van der Waals surface area contributed by atoms with Crippen LogP contribution in [-0.2, 0) is 0 Å². The van der Waals surface area contributed by atoms with Gasteiger partial charge in [0.05, 0.1) is 24.3 Å². The van der Waals surface area contributed by atoms with Crippen molar-refractivity contribution in [1.82, 2.24) is 0 Å². The van der Waals surface area contributed by atoms with E-state index in [1.165, 1.54) is 0 Å². The van der Waals surface area contributed by atoms with Crippen molar-refractivity contribution < 1.29 is 182 Å². The summed E-state index contributed by atoms with van der Waals surface area (Å²) in [5.41, 5.74) is 0. The number of hydrogen-bond donors (Lipinski definition) is 4. The molecule has 8 N–H and O–H groups in total. The Bertz CT molecular complexity index is 1150. The van der Waals surface area contributed by atoms with Crippen LogP contribution in [0.15, 0.2) is 47.3 Å². The van der Waals surface area contributed by atoms with Crippen molar-refractivity contribution in [3.8, 4) is 0 Å². The molecule has 0 amide bonds. The van der Waals surface area contributed by atoms with Crippen molar-refractivity contribution in [3.63, 3.8) is 0 Å². The van der Waals surface area contributed by atoms with Gasteiger partial charge >= 0.3 is 109 Å².